The molecular weight excluding hydrogens is 376 g/mol. The summed E-state index contributed by atoms with van der Waals surface area (Å²) in [4.78, 5) is 35.4. The van der Waals surface area contributed by atoms with E-state index in [1.54, 1.807) is 21.0 Å². The van der Waals surface area contributed by atoms with Gasteiger partial charge in [-0.3, -0.25) is 10.1 Å². The molecule has 0 spiro atoms. The monoisotopic (exact) mass is 404 g/mol. The number of primary amides is 1. The van der Waals surface area contributed by atoms with E-state index in [0.29, 0.717) is 12.2 Å². The van der Waals surface area contributed by atoms with E-state index in [9.17, 15) is 19.6 Å². The summed E-state index contributed by atoms with van der Waals surface area (Å²) in [6.45, 7) is 9.59. The first-order chi connectivity index (χ1) is 13.5. The molecule has 0 radical (unpaired) electrons. The van der Waals surface area contributed by atoms with Crippen molar-refractivity contribution in [3.8, 4) is 6.07 Å². The third-order valence-corrected chi connectivity index (χ3v) is 4.36. The number of nitriles is 1. The molecule has 1 heterocycles. The Kier molecular flexibility index (Phi) is 8.60. The van der Waals surface area contributed by atoms with Crippen LogP contribution in [-0.4, -0.2) is 42.3 Å². The van der Waals surface area contributed by atoms with Crippen molar-refractivity contribution in [2.75, 3.05) is 13.7 Å². The van der Waals surface area contributed by atoms with E-state index < -0.39 is 29.9 Å². The van der Waals surface area contributed by atoms with Crippen LogP contribution in [0, 0.1) is 31.1 Å². The van der Waals surface area contributed by atoms with Crippen LogP contribution in [0.1, 0.15) is 43.8 Å². The number of hydrogen-bond donors (Lipinski definition) is 2. The summed E-state index contributed by atoms with van der Waals surface area (Å²) in [5.74, 6) is -2.23. The predicted octanol–water partition coefficient (Wildman–Crippen LogP) is 1.98. The molecule has 29 heavy (non-hydrogen) atoms. The molecule has 3 N–H and O–H groups in total. The lowest BCUT2D eigenvalue weighted by atomic mass is 10.1. The number of urea groups is 1. The number of imide groups is 1. The molecule has 0 unspecified atom stereocenters. The largest absolute Gasteiger partial charge is 0.448 e. The van der Waals surface area contributed by atoms with E-state index in [2.05, 4.69) is 0 Å². The quantitative estimate of drug-likeness (QED) is 0.386. The number of amides is 3. The first-order valence-electron chi connectivity index (χ1n) is 9.13. The normalized spacial score (nSPS) is 13.5. The molecule has 0 aliphatic heterocycles. The Balaban J connectivity index is 3.16. The highest BCUT2D eigenvalue weighted by atomic mass is 16.5. The second-order valence-electron chi connectivity index (χ2n) is 7.09. The van der Waals surface area contributed by atoms with Crippen LogP contribution in [0.2, 0.25) is 0 Å². The highest BCUT2D eigenvalue weighted by Crippen LogP contribution is 2.23. The number of nitrogens with one attached hydrogen (secondary N) is 1. The summed E-state index contributed by atoms with van der Waals surface area (Å²) in [5.41, 5.74) is 7.17. The number of carbonyl (C=O) groups excluding carboxylic acids is 3. The lowest BCUT2D eigenvalue weighted by Gasteiger charge is -2.19. The molecule has 0 fully saturated rings. The third-order valence-electron chi connectivity index (χ3n) is 4.36. The summed E-state index contributed by atoms with van der Waals surface area (Å²) >= 11 is 0. The Morgan fingerprint density at radius 3 is 2.41 bits per heavy atom. The molecule has 0 aromatic carbocycles. The Hall–Kier alpha value is -3.12. The van der Waals surface area contributed by atoms with Gasteiger partial charge in [0.15, 0.2) is 6.10 Å². The molecule has 3 amide bonds. The fourth-order valence-corrected chi connectivity index (χ4v) is 3.10. The van der Waals surface area contributed by atoms with Crippen LogP contribution in [0.4, 0.5) is 4.79 Å². The lowest BCUT2D eigenvalue weighted by molar-refractivity contribution is -0.154. The molecule has 1 rings (SSSR count). The van der Waals surface area contributed by atoms with Crippen LogP contribution in [0.25, 0.3) is 6.08 Å². The molecule has 158 valence electrons. The summed E-state index contributed by atoms with van der Waals surface area (Å²) < 4.78 is 12.4. The van der Waals surface area contributed by atoms with Crippen molar-refractivity contribution < 1.29 is 23.9 Å². The van der Waals surface area contributed by atoms with Crippen LogP contribution < -0.4 is 11.1 Å². The number of nitrogens with zero attached hydrogens (tertiary/aromatic N) is 2. The second-order valence-corrected chi connectivity index (χ2v) is 7.09. The highest BCUT2D eigenvalue weighted by Gasteiger charge is 2.29. The average Bonchev–Trinajstić information content (AvgIpc) is 2.89. The Bertz CT molecular complexity index is 848. The van der Waals surface area contributed by atoms with Crippen molar-refractivity contribution in [2.45, 2.75) is 46.8 Å². The highest BCUT2D eigenvalue weighted by molar-refractivity contribution is 6.01. The fraction of sp³-hybridized carbons (Fsp3) is 0.500. The average molecular weight is 404 g/mol. The molecule has 1 aromatic heterocycles. The fourth-order valence-electron chi connectivity index (χ4n) is 3.10. The number of aryl methyl sites for hydroxylation is 1. The Labute approximate surface area is 170 Å². The molecule has 0 saturated carbocycles. The van der Waals surface area contributed by atoms with Crippen LogP contribution in [-0.2, 0) is 19.1 Å². The van der Waals surface area contributed by atoms with E-state index in [1.807, 2.05) is 42.8 Å². The first-order valence-corrected chi connectivity index (χ1v) is 9.13. The van der Waals surface area contributed by atoms with Gasteiger partial charge in [-0.25, -0.2) is 9.59 Å². The van der Waals surface area contributed by atoms with E-state index in [1.165, 1.54) is 6.08 Å². The molecule has 0 aliphatic rings. The van der Waals surface area contributed by atoms with Gasteiger partial charge in [0.25, 0.3) is 5.91 Å². The molecule has 0 bridgehead atoms. The zero-order valence-electron chi connectivity index (χ0n) is 17.6. The smallest absolute Gasteiger partial charge is 0.349 e. The molecule has 2 atom stereocenters. The Morgan fingerprint density at radius 1 is 1.31 bits per heavy atom. The molecule has 1 aromatic rings. The van der Waals surface area contributed by atoms with Crippen LogP contribution >= 0.6 is 0 Å². The summed E-state index contributed by atoms with van der Waals surface area (Å²) in [7, 11) is 1.62. The zero-order chi connectivity index (χ0) is 22.3. The van der Waals surface area contributed by atoms with Gasteiger partial charge >= 0.3 is 12.0 Å². The van der Waals surface area contributed by atoms with Gasteiger partial charge in [-0.2, -0.15) is 5.26 Å². The van der Waals surface area contributed by atoms with E-state index >= 15 is 0 Å². The Morgan fingerprint density at radius 2 is 1.93 bits per heavy atom. The maximum absolute atomic E-state index is 12.5. The summed E-state index contributed by atoms with van der Waals surface area (Å²) in [5, 5.41) is 11.3. The van der Waals surface area contributed by atoms with Gasteiger partial charge < -0.3 is 19.8 Å². The van der Waals surface area contributed by atoms with Crippen LogP contribution in [0.15, 0.2) is 11.6 Å². The number of nitrogens with two attached hydrogens (primary N) is 1. The minimum absolute atomic E-state index is 0.0717. The summed E-state index contributed by atoms with van der Waals surface area (Å²) in [6.07, 6.45) is 0.158. The van der Waals surface area contributed by atoms with Gasteiger partial charge in [0.1, 0.15) is 11.6 Å². The standard InChI is InChI=1S/C20H28N4O5/c1-11(2)17(18(25)23-20(22)27)29-19(26)16(9-21)8-15-7-12(3)24(14(15)5)13(4)10-28-6/h7-8,11,13,17H,10H2,1-6H3,(H3,22,23,25,27)/b16-8+/t13-,17+/m0/s1. The van der Waals surface area contributed by atoms with Gasteiger partial charge in [0.2, 0.25) is 0 Å². The van der Waals surface area contributed by atoms with Crippen LogP contribution in [0.3, 0.4) is 0 Å². The van der Waals surface area contributed by atoms with Crippen molar-refractivity contribution in [3.05, 3.63) is 28.6 Å². The van der Waals surface area contributed by atoms with Gasteiger partial charge in [0.05, 0.1) is 12.6 Å². The molecular formula is C20H28N4O5. The minimum atomic E-state index is -1.26. The number of hydrogen-bond acceptors (Lipinski definition) is 6. The number of esters is 1. The third kappa shape index (κ3) is 6.19. The van der Waals surface area contributed by atoms with Crippen molar-refractivity contribution in [1.82, 2.24) is 9.88 Å². The number of ether oxygens (including phenoxy) is 2. The first kappa shape index (κ1) is 23.9. The van der Waals surface area contributed by atoms with E-state index in [0.717, 1.165) is 11.4 Å². The number of carbonyl (C=O) groups is 3. The van der Waals surface area contributed by atoms with Crippen molar-refractivity contribution in [1.29, 1.82) is 5.26 Å². The maximum Gasteiger partial charge on any atom is 0.349 e. The van der Waals surface area contributed by atoms with E-state index in [4.69, 9.17) is 15.2 Å². The minimum Gasteiger partial charge on any atom is -0.448 e. The zero-order valence-corrected chi connectivity index (χ0v) is 17.6. The predicted molar refractivity (Wildman–Crippen MR) is 107 cm³/mol. The molecule has 0 aliphatic carbocycles. The molecule has 9 nitrogen and oxygen atoms in total. The second kappa shape index (κ2) is 10.4. The maximum atomic E-state index is 12.5. The van der Waals surface area contributed by atoms with Crippen molar-refractivity contribution in [2.24, 2.45) is 11.7 Å². The SMILES string of the molecule is COC[C@H](C)n1c(C)cc(/C=C(\C#N)C(=O)O[C@@H](C(=O)NC(N)=O)C(C)C)c1C. The number of rotatable bonds is 8. The van der Waals surface area contributed by atoms with Crippen molar-refractivity contribution in [3.63, 3.8) is 0 Å². The number of aromatic nitrogens is 1. The van der Waals surface area contributed by atoms with Gasteiger partial charge in [-0.05, 0) is 44.4 Å². The van der Waals surface area contributed by atoms with Gasteiger partial charge in [-0.15, -0.1) is 0 Å². The summed E-state index contributed by atoms with van der Waals surface area (Å²) in [6, 6.07) is 2.69. The van der Waals surface area contributed by atoms with Crippen molar-refractivity contribution >= 4 is 24.0 Å². The topological polar surface area (TPSA) is 136 Å². The van der Waals surface area contributed by atoms with Gasteiger partial charge in [-0.1, -0.05) is 13.8 Å². The molecule has 0 saturated heterocycles. The van der Waals surface area contributed by atoms with Gasteiger partial charge in [0, 0.05) is 18.5 Å². The lowest BCUT2D eigenvalue weighted by Crippen LogP contribution is -2.45. The molecule has 9 heteroatoms. The van der Waals surface area contributed by atoms with E-state index in [-0.39, 0.29) is 11.6 Å². The van der Waals surface area contributed by atoms with Crippen LogP contribution in [0.5, 0.6) is 0 Å². The number of methoxy groups -OCH3 is 1.